The van der Waals surface area contributed by atoms with Crippen LogP contribution in [0.15, 0.2) is 47.8 Å². The van der Waals surface area contributed by atoms with Crippen LogP contribution in [0.3, 0.4) is 0 Å². The highest BCUT2D eigenvalue weighted by atomic mass is 32.1. The minimum atomic E-state index is 0.336. The highest BCUT2D eigenvalue weighted by molar-refractivity contribution is 7.17. The first-order valence-electron chi connectivity index (χ1n) is 10.0. The Kier molecular flexibility index (Phi) is 6.72. The van der Waals surface area contributed by atoms with E-state index in [0.717, 1.165) is 32.7 Å². The Hall–Kier alpha value is -3.36. The molecule has 0 radical (unpaired) electrons. The maximum atomic E-state index is 5.63. The molecule has 1 N–H and O–H groups in total. The Balaban J connectivity index is 1.76. The number of aromatic nitrogens is 2. The lowest BCUT2D eigenvalue weighted by Gasteiger charge is -2.17. The lowest BCUT2D eigenvalue weighted by molar-refractivity contribution is 0.178. The molecular weight excluding hydrogens is 426 g/mol. The van der Waals surface area contributed by atoms with E-state index < -0.39 is 0 Å². The van der Waals surface area contributed by atoms with Gasteiger partial charge in [-0.15, -0.1) is 11.3 Å². The quantitative estimate of drug-likeness (QED) is 0.377. The van der Waals surface area contributed by atoms with Gasteiger partial charge in [-0.2, -0.15) is 0 Å². The summed E-state index contributed by atoms with van der Waals surface area (Å²) in [6.45, 7) is 0.814. The molecule has 0 aliphatic carbocycles. The molecule has 0 amide bonds. The van der Waals surface area contributed by atoms with Crippen molar-refractivity contribution in [3.63, 3.8) is 0 Å². The van der Waals surface area contributed by atoms with Crippen molar-refractivity contribution < 1.29 is 18.9 Å². The van der Waals surface area contributed by atoms with Gasteiger partial charge >= 0.3 is 0 Å². The predicted molar refractivity (Wildman–Crippen MR) is 127 cm³/mol. The summed E-state index contributed by atoms with van der Waals surface area (Å²) in [7, 11) is 6.46. The Morgan fingerprint density at radius 3 is 2.34 bits per heavy atom. The fourth-order valence-corrected chi connectivity index (χ4v) is 4.59. The summed E-state index contributed by atoms with van der Waals surface area (Å²) in [4.78, 5) is 10.4. The molecular formula is C24H25N3O4S. The summed E-state index contributed by atoms with van der Waals surface area (Å²) < 4.78 is 21.8. The van der Waals surface area contributed by atoms with E-state index in [4.69, 9.17) is 28.9 Å². The van der Waals surface area contributed by atoms with Crippen LogP contribution < -0.4 is 19.5 Å². The summed E-state index contributed by atoms with van der Waals surface area (Å²) in [5, 5.41) is 6.59. The number of benzene rings is 2. The van der Waals surface area contributed by atoms with E-state index in [9.17, 15) is 0 Å². The zero-order valence-electron chi connectivity index (χ0n) is 18.5. The highest BCUT2D eigenvalue weighted by Crippen LogP contribution is 2.41. The second kappa shape index (κ2) is 9.84. The van der Waals surface area contributed by atoms with E-state index in [1.165, 1.54) is 0 Å². The number of anilines is 1. The third-order valence-electron chi connectivity index (χ3n) is 5.07. The lowest BCUT2D eigenvalue weighted by atomic mass is 10.1. The smallest absolute Gasteiger partial charge is 0.203 e. The molecule has 0 aliphatic rings. The number of hydrogen-bond acceptors (Lipinski definition) is 8. The lowest BCUT2D eigenvalue weighted by Crippen LogP contribution is -2.08. The molecule has 0 bridgehead atoms. The molecule has 0 atom stereocenters. The number of rotatable bonds is 9. The van der Waals surface area contributed by atoms with Crippen molar-refractivity contribution in [1.29, 1.82) is 0 Å². The molecule has 0 saturated carbocycles. The number of nitrogens with one attached hydrogen (secondary N) is 1. The van der Waals surface area contributed by atoms with Gasteiger partial charge in [-0.1, -0.05) is 30.3 Å². The fraction of sp³-hybridized carbons (Fsp3) is 0.250. The van der Waals surface area contributed by atoms with Crippen molar-refractivity contribution in [1.82, 2.24) is 9.97 Å². The number of thiophene rings is 1. The molecule has 166 valence electrons. The number of methoxy groups -OCH3 is 4. The molecule has 0 saturated heterocycles. The van der Waals surface area contributed by atoms with Crippen molar-refractivity contribution in [2.24, 2.45) is 0 Å². The second-order valence-electron chi connectivity index (χ2n) is 6.96. The molecule has 32 heavy (non-hydrogen) atoms. The monoisotopic (exact) mass is 451 g/mol. The molecule has 2 heterocycles. The molecule has 0 aliphatic heterocycles. The highest BCUT2D eigenvalue weighted by Gasteiger charge is 2.18. The van der Waals surface area contributed by atoms with Gasteiger partial charge in [0, 0.05) is 30.2 Å². The molecule has 0 fully saturated rings. The van der Waals surface area contributed by atoms with Gasteiger partial charge in [0.05, 0.1) is 26.7 Å². The van der Waals surface area contributed by atoms with E-state index >= 15 is 0 Å². The van der Waals surface area contributed by atoms with E-state index in [1.807, 2.05) is 30.3 Å². The van der Waals surface area contributed by atoms with Crippen LogP contribution in [-0.4, -0.2) is 38.4 Å². The normalized spacial score (nSPS) is 10.9. The summed E-state index contributed by atoms with van der Waals surface area (Å²) in [5.74, 6) is 3.17. The largest absolute Gasteiger partial charge is 0.493 e. The summed E-state index contributed by atoms with van der Waals surface area (Å²) >= 11 is 1.60. The topological polar surface area (TPSA) is 74.7 Å². The fourth-order valence-electron chi connectivity index (χ4n) is 3.62. The predicted octanol–water partition coefficient (Wildman–Crippen LogP) is 5.14. The maximum absolute atomic E-state index is 5.63. The summed E-state index contributed by atoms with van der Waals surface area (Å²) in [5.41, 5.74) is 3.13. The van der Waals surface area contributed by atoms with Crippen LogP contribution >= 0.6 is 11.3 Å². The maximum Gasteiger partial charge on any atom is 0.203 e. The van der Waals surface area contributed by atoms with Crippen molar-refractivity contribution in [3.05, 3.63) is 59.2 Å². The van der Waals surface area contributed by atoms with Gasteiger partial charge in [0.25, 0.3) is 0 Å². The first-order valence-corrected chi connectivity index (χ1v) is 10.9. The SMILES string of the molecule is COCc1nc(NCc2ccc(OC)c(OC)c2OC)c2c(-c3ccccc3)csc2n1. The van der Waals surface area contributed by atoms with Gasteiger partial charge in [0.1, 0.15) is 17.3 Å². The molecule has 2 aromatic carbocycles. The van der Waals surface area contributed by atoms with E-state index in [-0.39, 0.29) is 0 Å². The van der Waals surface area contributed by atoms with Crippen LogP contribution in [0.2, 0.25) is 0 Å². The van der Waals surface area contributed by atoms with Gasteiger partial charge in [-0.05, 0) is 17.7 Å². The van der Waals surface area contributed by atoms with Crippen molar-refractivity contribution in [2.45, 2.75) is 13.2 Å². The zero-order valence-corrected chi connectivity index (χ0v) is 19.3. The Morgan fingerprint density at radius 2 is 1.66 bits per heavy atom. The van der Waals surface area contributed by atoms with Gasteiger partial charge in [0.2, 0.25) is 5.75 Å². The van der Waals surface area contributed by atoms with Crippen LogP contribution in [-0.2, 0) is 17.9 Å². The van der Waals surface area contributed by atoms with E-state index in [0.29, 0.717) is 36.2 Å². The van der Waals surface area contributed by atoms with Gasteiger partial charge in [0.15, 0.2) is 17.3 Å². The van der Waals surface area contributed by atoms with E-state index in [2.05, 4.69) is 22.8 Å². The van der Waals surface area contributed by atoms with E-state index in [1.54, 1.807) is 39.8 Å². The minimum Gasteiger partial charge on any atom is -0.493 e. The van der Waals surface area contributed by atoms with Crippen LogP contribution in [0.4, 0.5) is 5.82 Å². The molecule has 0 unspecified atom stereocenters. The van der Waals surface area contributed by atoms with Crippen LogP contribution in [0, 0.1) is 0 Å². The molecule has 4 rings (SSSR count). The molecule has 2 aromatic heterocycles. The number of fused-ring (bicyclic) bond motifs is 1. The summed E-state index contributed by atoms with van der Waals surface area (Å²) in [6, 6.07) is 14.1. The zero-order chi connectivity index (χ0) is 22.5. The molecule has 0 spiro atoms. The molecule has 4 aromatic rings. The standard InChI is InChI=1S/C24H25N3O4S/c1-28-13-19-26-23(20-17(14-32-24(20)27-19)15-8-6-5-7-9-15)25-12-16-10-11-18(29-2)22(31-4)21(16)30-3/h5-11,14H,12-13H2,1-4H3,(H,25,26,27). The average molecular weight is 452 g/mol. The van der Waals surface area contributed by atoms with Gasteiger partial charge < -0.3 is 24.3 Å². The second-order valence-corrected chi connectivity index (χ2v) is 7.82. The van der Waals surface area contributed by atoms with Crippen molar-refractivity contribution in [2.75, 3.05) is 33.8 Å². The van der Waals surface area contributed by atoms with Crippen LogP contribution in [0.1, 0.15) is 11.4 Å². The Morgan fingerprint density at radius 1 is 0.875 bits per heavy atom. The van der Waals surface area contributed by atoms with Crippen molar-refractivity contribution in [3.8, 4) is 28.4 Å². The van der Waals surface area contributed by atoms with Gasteiger partial charge in [-0.3, -0.25) is 0 Å². The molecule has 7 nitrogen and oxygen atoms in total. The average Bonchev–Trinajstić information content (AvgIpc) is 3.26. The van der Waals surface area contributed by atoms with Crippen molar-refractivity contribution >= 4 is 27.4 Å². The number of ether oxygens (including phenoxy) is 4. The minimum absolute atomic E-state index is 0.336. The number of hydrogen-bond donors (Lipinski definition) is 1. The third-order valence-corrected chi connectivity index (χ3v) is 5.94. The summed E-state index contributed by atoms with van der Waals surface area (Å²) in [6.07, 6.45) is 0. The Bertz CT molecular complexity index is 1210. The Labute approximate surface area is 191 Å². The van der Waals surface area contributed by atoms with Gasteiger partial charge in [-0.25, -0.2) is 9.97 Å². The molecule has 8 heteroatoms. The van der Waals surface area contributed by atoms with Crippen LogP contribution in [0.25, 0.3) is 21.3 Å². The van der Waals surface area contributed by atoms with Crippen LogP contribution in [0.5, 0.6) is 17.2 Å². The third kappa shape index (κ3) is 4.19. The first kappa shape index (κ1) is 21.9. The number of nitrogens with zero attached hydrogens (tertiary/aromatic N) is 2. The first-order chi connectivity index (χ1) is 15.7.